The zero-order chi connectivity index (χ0) is 13.1. The molecule has 1 heterocycles. The van der Waals surface area contributed by atoms with Gasteiger partial charge in [-0.2, -0.15) is 5.26 Å². The van der Waals surface area contributed by atoms with Crippen LogP contribution in [0.3, 0.4) is 0 Å². The third kappa shape index (κ3) is 2.25. The lowest BCUT2D eigenvalue weighted by Gasteiger charge is -2.04. The van der Waals surface area contributed by atoms with Crippen LogP contribution >= 0.6 is 0 Å². The maximum absolute atomic E-state index is 13.1. The molecule has 0 aliphatic carbocycles. The van der Waals surface area contributed by atoms with E-state index in [0.717, 1.165) is 12.1 Å². The molecular weight excluding hydrogens is 238 g/mol. The van der Waals surface area contributed by atoms with Crippen LogP contribution in [0.15, 0.2) is 24.3 Å². The number of halogens is 2. The van der Waals surface area contributed by atoms with E-state index in [1.165, 1.54) is 12.1 Å². The second-order valence-corrected chi connectivity index (χ2v) is 3.45. The first kappa shape index (κ1) is 11.9. The van der Waals surface area contributed by atoms with Crippen molar-refractivity contribution in [1.82, 2.24) is 9.97 Å². The molecule has 6 heteroatoms. The SMILES string of the molecule is CNc1cc(C#N)nc(-c2ccc(F)c(F)c2)n1. The molecule has 0 spiro atoms. The van der Waals surface area contributed by atoms with Crippen molar-refractivity contribution in [2.75, 3.05) is 12.4 Å². The molecule has 0 saturated carbocycles. The standard InChI is InChI=1S/C12H8F2N4/c1-16-11-5-8(6-15)17-12(18-11)7-2-3-9(13)10(14)4-7/h2-5H,1H3,(H,16,17,18). The van der Waals surface area contributed by atoms with Crippen molar-refractivity contribution in [2.45, 2.75) is 0 Å². The molecule has 18 heavy (non-hydrogen) atoms. The Hall–Kier alpha value is -2.55. The molecule has 2 rings (SSSR count). The highest BCUT2D eigenvalue weighted by Gasteiger charge is 2.09. The molecule has 1 aromatic carbocycles. The van der Waals surface area contributed by atoms with Crippen LogP contribution in [-0.2, 0) is 0 Å². The average Bonchev–Trinajstić information content (AvgIpc) is 2.41. The molecule has 0 fully saturated rings. The lowest BCUT2D eigenvalue weighted by Crippen LogP contribution is -1.99. The molecule has 0 amide bonds. The molecule has 0 radical (unpaired) electrons. The summed E-state index contributed by atoms with van der Waals surface area (Å²) in [5.41, 5.74) is 0.455. The minimum Gasteiger partial charge on any atom is -0.373 e. The van der Waals surface area contributed by atoms with E-state index in [4.69, 9.17) is 5.26 Å². The van der Waals surface area contributed by atoms with Gasteiger partial charge in [0, 0.05) is 18.7 Å². The normalized spacial score (nSPS) is 9.89. The van der Waals surface area contributed by atoms with E-state index in [0.29, 0.717) is 11.4 Å². The van der Waals surface area contributed by atoms with Gasteiger partial charge in [0.25, 0.3) is 0 Å². The van der Waals surface area contributed by atoms with Gasteiger partial charge in [-0.3, -0.25) is 0 Å². The maximum Gasteiger partial charge on any atom is 0.163 e. The number of nitrogens with one attached hydrogen (secondary N) is 1. The van der Waals surface area contributed by atoms with E-state index in [2.05, 4.69) is 15.3 Å². The second-order valence-electron chi connectivity index (χ2n) is 3.45. The van der Waals surface area contributed by atoms with E-state index >= 15 is 0 Å². The highest BCUT2D eigenvalue weighted by atomic mass is 19.2. The van der Waals surface area contributed by atoms with E-state index in [1.807, 2.05) is 6.07 Å². The van der Waals surface area contributed by atoms with Crippen LogP contribution in [0.1, 0.15) is 5.69 Å². The number of hydrogen-bond acceptors (Lipinski definition) is 4. The summed E-state index contributed by atoms with van der Waals surface area (Å²) in [4.78, 5) is 8.02. The van der Waals surface area contributed by atoms with Gasteiger partial charge in [0.2, 0.25) is 0 Å². The van der Waals surface area contributed by atoms with Crippen molar-refractivity contribution in [2.24, 2.45) is 0 Å². The van der Waals surface area contributed by atoms with E-state index in [1.54, 1.807) is 7.05 Å². The zero-order valence-corrected chi connectivity index (χ0v) is 9.41. The summed E-state index contributed by atoms with van der Waals surface area (Å²) in [5, 5.41) is 11.6. The van der Waals surface area contributed by atoms with Crippen LogP contribution in [0.5, 0.6) is 0 Å². The quantitative estimate of drug-likeness (QED) is 0.883. The molecular formula is C12H8F2N4. The lowest BCUT2D eigenvalue weighted by molar-refractivity contribution is 0.509. The second kappa shape index (κ2) is 4.75. The summed E-state index contributed by atoms with van der Waals surface area (Å²) >= 11 is 0. The third-order valence-corrected chi connectivity index (χ3v) is 2.27. The first-order valence-corrected chi connectivity index (χ1v) is 5.06. The molecule has 0 aliphatic rings. The van der Waals surface area contributed by atoms with E-state index in [9.17, 15) is 8.78 Å². The van der Waals surface area contributed by atoms with Crippen LogP contribution in [0.2, 0.25) is 0 Å². The first-order valence-electron chi connectivity index (χ1n) is 5.06. The van der Waals surface area contributed by atoms with Crippen molar-refractivity contribution in [1.29, 1.82) is 5.26 Å². The summed E-state index contributed by atoms with van der Waals surface area (Å²) in [5.74, 6) is -1.33. The molecule has 0 unspecified atom stereocenters. The number of rotatable bonds is 2. The van der Waals surface area contributed by atoms with Crippen LogP contribution in [-0.4, -0.2) is 17.0 Å². The molecule has 0 bridgehead atoms. The third-order valence-electron chi connectivity index (χ3n) is 2.27. The number of aromatic nitrogens is 2. The number of benzene rings is 1. The van der Waals surface area contributed by atoms with Gasteiger partial charge >= 0.3 is 0 Å². The van der Waals surface area contributed by atoms with E-state index in [-0.39, 0.29) is 11.5 Å². The van der Waals surface area contributed by atoms with Gasteiger partial charge in [-0.1, -0.05) is 0 Å². The Morgan fingerprint density at radius 1 is 1.17 bits per heavy atom. The van der Waals surface area contributed by atoms with Crippen molar-refractivity contribution >= 4 is 5.82 Å². The maximum atomic E-state index is 13.1. The van der Waals surface area contributed by atoms with Crippen molar-refractivity contribution in [3.05, 3.63) is 41.6 Å². The predicted octanol–water partition coefficient (Wildman–Crippen LogP) is 2.34. The summed E-state index contributed by atoms with van der Waals surface area (Å²) < 4.78 is 25.9. The monoisotopic (exact) mass is 246 g/mol. The largest absolute Gasteiger partial charge is 0.373 e. The number of hydrogen-bond donors (Lipinski definition) is 1. The topological polar surface area (TPSA) is 61.6 Å². The summed E-state index contributed by atoms with van der Waals surface area (Å²) in [6, 6.07) is 6.68. The van der Waals surface area contributed by atoms with Crippen LogP contribution in [0.25, 0.3) is 11.4 Å². The van der Waals surface area contributed by atoms with Gasteiger partial charge in [-0.15, -0.1) is 0 Å². The fourth-order valence-electron chi connectivity index (χ4n) is 1.40. The van der Waals surface area contributed by atoms with Gasteiger partial charge < -0.3 is 5.32 Å². The van der Waals surface area contributed by atoms with Gasteiger partial charge in [0.15, 0.2) is 17.5 Å². The Morgan fingerprint density at radius 2 is 1.94 bits per heavy atom. The summed E-state index contributed by atoms with van der Waals surface area (Å²) in [7, 11) is 1.64. The Bertz CT molecular complexity index is 634. The number of nitrogens with zero attached hydrogens (tertiary/aromatic N) is 3. The Labute approximate surface area is 102 Å². The predicted molar refractivity (Wildman–Crippen MR) is 61.6 cm³/mol. The Balaban J connectivity index is 2.56. The minimum atomic E-state index is -0.982. The van der Waals surface area contributed by atoms with Crippen LogP contribution in [0, 0.1) is 23.0 Å². The van der Waals surface area contributed by atoms with Crippen molar-refractivity contribution < 1.29 is 8.78 Å². The van der Waals surface area contributed by atoms with Crippen molar-refractivity contribution in [3.8, 4) is 17.5 Å². The van der Waals surface area contributed by atoms with Gasteiger partial charge in [0.1, 0.15) is 17.6 Å². The van der Waals surface area contributed by atoms with Crippen LogP contribution < -0.4 is 5.32 Å². The smallest absolute Gasteiger partial charge is 0.163 e. The summed E-state index contributed by atoms with van der Waals surface area (Å²) in [6.45, 7) is 0. The fraction of sp³-hybridized carbons (Fsp3) is 0.0833. The average molecular weight is 246 g/mol. The lowest BCUT2D eigenvalue weighted by atomic mass is 10.2. The first-order chi connectivity index (χ1) is 8.63. The highest BCUT2D eigenvalue weighted by Crippen LogP contribution is 2.20. The molecule has 0 aliphatic heterocycles. The molecule has 1 N–H and O–H groups in total. The molecule has 0 saturated heterocycles. The Kier molecular flexibility index (Phi) is 3.15. The number of nitriles is 1. The number of anilines is 1. The Morgan fingerprint density at radius 3 is 2.56 bits per heavy atom. The van der Waals surface area contributed by atoms with Crippen LogP contribution in [0.4, 0.5) is 14.6 Å². The van der Waals surface area contributed by atoms with Gasteiger partial charge in [0.05, 0.1) is 0 Å². The van der Waals surface area contributed by atoms with E-state index < -0.39 is 11.6 Å². The fourth-order valence-corrected chi connectivity index (χ4v) is 1.40. The molecule has 90 valence electrons. The van der Waals surface area contributed by atoms with Gasteiger partial charge in [-0.05, 0) is 18.2 Å². The van der Waals surface area contributed by atoms with Gasteiger partial charge in [-0.25, -0.2) is 18.7 Å². The molecule has 2 aromatic rings. The molecule has 4 nitrogen and oxygen atoms in total. The highest BCUT2D eigenvalue weighted by molar-refractivity contribution is 5.58. The molecule has 1 aromatic heterocycles. The zero-order valence-electron chi connectivity index (χ0n) is 9.41. The summed E-state index contributed by atoms with van der Waals surface area (Å²) in [6.07, 6.45) is 0. The minimum absolute atomic E-state index is 0.147. The molecule has 0 atom stereocenters. The van der Waals surface area contributed by atoms with Crippen molar-refractivity contribution in [3.63, 3.8) is 0 Å².